The van der Waals surface area contributed by atoms with Crippen molar-refractivity contribution < 1.29 is 40.7 Å². The summed E-state index contributed by atoms with van der Waals surface area (Å²) in [5.74, 6) is -0.777. The molecule has 0 spiro atoms. The zero-order valence-corrected chi connectivity index (χ0v) is 24.0. The van der Waals surface area contributed by atoms with Gasteiger partial charge in [0, 0.05) is 11.1 Å². The van der Waals surface area contributed by atoms with Crippen LogP contribution in [-0.2, 0) is 21.5 Å². The van der Waals surface area contributed by atoms with Crippen LogP contribution in [0.2, 0.25) is 0 Å². The number of rotatable bonds is 10. The third-order valence-corrected chi connectivity index (χ3v) is 6.70. The van der Waals surface area contributed by atoms with Crippen LogP contribution >= 0.6 is 0 Å². The zero-order valence-electron chi connectivity index (χ0n) is 23.2. The summed E-state index contributed by atoms with van der Waals surface area (Å²) in [7, 11) is 0.339. The first-order valence-electron chi connectivity index (χ1n) is 12.4. The van der Waals surface area contributed by atoms with Crippen LogP contribution in [0.15, 0.2) is 72.8 Å². The molecule has 0 amide bonds. The summed E-state index contributed by atoms with van der Waals surface area (Å²) in [6.45, 7) is 2.16. The molecule has 0 fully saturated rings. The fourth-order valence-electron chi connectivity index (χ4n) is 4.29. The minimum absolute atomic E-state index is 0.0218. The minimum atomic E-state index is -3.71. The largest absolute Gasteiger partial charge is 0.496 e. The van der Waals surface area contributed by atoms with Crippen LogP contribution < -0.4 is 18.4 Å². The standard InChI is InChI=1S/C31H29FO8S/c1-19-6-8-20(9-7-19)18-39-26-15-12-22(16-25(26)32)28-27(36-2)17-24(30(37-3)29(28)31(33)38-4)21-10-13-23(14-11-21)40-41(5,34)35/h6-17H,18H2,1-5H3. The number of benzene rings is 4. The zero-order chi connectivity index (χ0) is 29.7. The van der Waals surface area contributed by atoms with Gasteiger partial charge in [-0.25, -0.2) is 9.18 Å². The molecule has 0 saturated carbocycles. The summed E-state index contributed by atoms with van der Waals surface area (Å²) < 4.78 is 65.2. The molecule has 0 saturated heterocycles. The Hall–Kier alpha value is -4.57. The number of hydrogen-bond donors (Lipinski definition) is 0. The van der Waals surface area contributed by atoms with Crippen LogP contribution in [0.3, 0.4) is 0 Å². The maximum atomic E-state index is 15.3. The summed E-state index contributed by atoms with van der Waals surface area (Å²) in [5, 5.41) is 0. The number of hydrogen-bond acceptors (Lipinski definition) is 8. The number of esters is 1. The van der Waals surface area contributed by atoms with Crippen molar-refractivity contribution in [2.24, 2.45) is 0 Å². The number of halogens is 1. The molecule has 10 heteroatoms. The average molecular weight is 581 g/mol. The van der Waals surface area contributed by atoms with Gasteiger partial charge < -0.3 is 23.1 Å². The van der Waals surface area contributed by atoms with E-state index in [4.69, 9.17) is 23.1 Å². The maximum Gasteiger partial charge on any atom is 0.342 e. The second-order valence-corrected chi connectivity index (χ2v) is 10.7. The van der Waals surface area contributed by atoms with Crippen LogP contribution in [0.4, 0.5) is 4.39 Å². The number of aryl methyl sites for hydroxylation is 1. The predicted molar refractivity (Wildman–Crippen MR) is 153 cm³/mol. The van der Waals surface area contributed by atoms with Crippen molar-refractivity contribution >= 4 is 16.1 Å². The van der Waals surface area contributed by atoms with Gasteiger partial charge >= 0.3 is 16.1 Å². The summed E-state index contributed by atoms with van der Waals surface area (Å²) >= 11 is 0. The molecule has 0 N–H and O–H groups in total. The quantitative estimate of drug-likeness (QED) is 0.162. The lowest BCUT2D eigenvalue weighted by molar-refractivity contribution is 0.0597. The maximum absolute atomic E-state index is 15.3. The highest BCUT2D eigenvalue weighted by Gasteiger charge is 2.28. The summed E-state index contributed by atoms with van der Waals surface area (Å²) in [6, 6.07) is 19.9. The van der Waals surface area contributed by atoms with Crippen molar-refractivity contribution in [3.63, 3.8) is 0 Å². The van der Waals surface area contributed by atoms with Crippen LogP contribution in [-0.4, -0.2) is 42.0 Å². The van der Waals surface area contributed by atoms with E-state index < -0.39 is 21.9 Å². The number of methoxy groups -OCH3 is 3. The molecular formula is C31H29FO8S. The normalized spacial score (nSPS) is 11.1. The lowest BCUT2D eigenvalue weighted by Gasteiger charge is -2.20. The first kappa shape index (κ1) is 29.4. The lowest BCUT2D eigenvalue weighted by atomic mass is 9.92. The highest BCUT2D eigenvalue weighted by Crippen LogP contribution is 2.46. The highest BCUT2D eigenvalue weighted by atomic mass is 32.2. The Morgan fingerprint density at radius 3 is 2.05 bits per heavy atom. The Bertz CT molecular complexity index is 1660. The number of carbonyl (C=O) groups is 1. The lowest BCUT2D eigenvalue weighted by Crippen LogP contribution is -2.09. The molecule has 0 aromatic heterocycles. The molecule has 0 bridgehead atoms. The van der Waals surface area contributed by atoms with Gasteiger partial charge in [0.2, 0.25) is 0 Å². The smallest absolute Gasteiger partial charge is 0.342 e. The summed E-state index contributed by atoms with van der Waals surface area (Å²) in [6.07, 6.45) is 0.946. The first-order valence-corrected chi connectivity index (χ1v) is 14.2. The summed E-state index contributed by atoms with van der Waals surface area (Å²) in [4.78, 5) is 13.1. The van der Waals surface area contributed by atoms with E-state index in [1.54, 1.807) is 24.3 Å². The first-order chi connectivity index (χ1) is 19.5. The third-order valence-electron chi connectivity index (χ3n) is 6.21. The monoisotopic (exact) mass is 580 g/mol. The third kappa shape index (κ3) is 6.78. The van der Waals surface area contributed by atoms with Crippen molar-refractivity contribution in [1.29, 1.82) is 0 Å². The van der Waals surface area contributed by atoms with Gasteiger partial charge in [-0.3, -0.25) is 0 Å². The Morgan fingerprint density at radius 2 is 1.49 bits per heavy atom. The second-order valence-electron chi connectivity index (χ2n) is 9.13. The Balaban J connectivity index is 1.78. The fraction of sp³-hybridized carbons (Fsp3) is 0.194. The van der Waals surface area contributed by atoms with E-state index in [0.29, 0.717) is 16.7 Å². The molecule has 0 radical (unpaired) electrons. The van der Waals surface area contributed by atoms with Gasteiger partial charge in [-0.05, 0) is 53.9 Å². The minimum Gasteiger partial charge on any atom is -0.496 e. The average Bonchev–Trinajstić information content (AvgIpc) is 2.95. The molecule has 0 aliphatic heterocycles. The molecular weight excluding hydrogens is 551 g/mol. The van der Waals surface area contributed by atoms with Gasteiger partial charge in [0.05, 0.1) is 27.6 Å². The molecule has 0 atom stereocenters. The van der Waals surface area contributed by atoms with Crippen LogP contribution in [0, 0.1) is 12.7 Å². The van der Waals surface area contributed by atoms with E-state index in [-0.39, 0.29) is 40.7 Å². The molecule has 4 rings (SSSR count). The van der Waals surface area contributed by atoms with Crippen molar-refractivity contribution in [2.45, 2.75) is 13.5 Å². The van der Waals surface area contributed by atoms with Gasteiger partial charge in [-0.2, -0.15) is 8.42 Å². The molecule has 0 unspecified atom stereocenters. The predicted octanol–water partition coefficient (Wildman–Crippen LogP) is 6.19. The van der Waals surface area contributed by atoms with Crippen LogP contribution in [0.25, 0.3) is 22.3 Å². The SMILES string of the molecule is COC(=O)c1c(OC)c(-c2ccc(OS(C)(=O)=O)cc2)cc(OC)c1-c1ccc(OCc2ccc(C)cc2)c(F)c1. The van der Waals surface area contributed by atoms with E-state index in [0.717, 1.165) is 17.4 Å². The van der Waals surface area contributed by atoms with Crippen molar-refractivity contribution in [1.82, 2.24) is 0 Å². The van der Waals surface area contributed by atoms with Crippen LogP contribution in [0.5, 0.6) is 23.0 Å². The van der Waals surface area contributed by atoms with Crippen molar-refractivity contribution in [3.8, 4) is 45.3 Å². The topological polar surface area (TPSA) is 97.4 Å². The van der Waals surface area contributed by atoms with E-state index in [9.17, 15) is 13.2 Å². The fourth-order valence-corrected chi connectivity index (χ4v) is 4.76. The van der Waals surface area contributed by atoms with E-state index >= 15 is 4.39 Å². The molecule has 8 nitrogen and oxygen atoms in total. The second kappa shape index (κ2) is 12.3. The van der Waals surface area contributed by atoms with E-state index in [2.05, 4.69) is 0 Å². The highest BCUT2D eigenvalue weighted by molar-refractivity contribution is 7.86. The summed E-state index contributed by atoms with van der Waals surface area (Å²) in [5.41, 5.74) is 3.66. The molecule has 0 aliphatic carbocycles. The van der Waals surface area contributed by atoms with Crippen molar-refractivity contribution in [2.75, 3.05) is 27.6 Å². The Labute approximate surface area is 238 Å². The molecule has 4 aromatic rings. The van der Waals surface area contributed by atoms with Gasteiger partial charge in [0.15, 0.2) is 11.6 Å². The van der Waals surface area contributed by atoms with Gasteiger partial charge in [0.1, 0.15) is 29.4 Å². The Kier molecular flexibility index (Phi) is 8.83. The van der Waals surface area contributed by atoms with Gasteiger partial charge in [0.25, 0.3) is 0 Å². The number of ether oxygens (including phenoxy) is 4. The Morgan fingerprint density at radius 1 is 0.829 bits per heavy atom. The molecule has 0 aliphatic rings. The molecule has 214 valence electrons. The van der Waals surface area contributed by atoms with Gasteiger partial charge in [-0.1, -0.05) is 48.0 Å². The molecule has 41 heavy (non-hydrogen) atoms. The van der Waals surface area contributed by atoms with E-state index in [1.165, 1.54) is 45.6 Å². The molecule has 0 heterocycles. The van der Waals surface area contributed by atoms with Gasteiger partial charge in [-0.15, -0.1) is 0 Å². The van der Waals surface area contributed by atoms with E-state index in [1.807, 2.05) is 31.2 Å². The molecule has 4 aromatic carbocycles. The van der Waals surface area contributed by atoms with Crippen molar-refractivity contribution in [3.05, 3.63) is 95.3 Å². The van der Waals surface area contributed by atoms with Crippen LogP contribution in [0.1, 0.15) is 21.5 Å². The number of carbonyl (C=O) groups excluding carboxylic acids is 1.